The maximum atomic E-state index is 12.1. The molecule has 7 heteroatoms. The van der Waals surface area contributed by atoms with Crippen LogP contribution in [-0.2, 0) is 9.53 Å². The summed E-state index contributed by atoms with van der Waals surface area (Å²) >= 11 is 0. The van der Waals surface area contributed by atoms with Crippen molar-refractivity contribution in [3.8, 4) is 0 Å². The molecule has 0 aromatic rings. The van der Waals surface area contributed by atoms with Crippen LogP contribution in [0.15, 0.2) is 0 Å². The molecule has 1 rings (SSSR count). The largest absolute Gasteiger partial charge is 0.414 e. The van der Waals surface area contributed by atoms with Crippen LogP contribution in [0.25, 0.3) is 0 Å². The summed E-state index contributed by atoms with van der Waals surface area (Å²) in [6, 6.07) is -0.338. The van der Waals surface area contributed by atoms with E-state index in [4.69, 9.17) is 5.73 Å². The molecule has 4 nitrogen and oxygen atoms in total. The lowest BCUT2D eigenvalue weighted by Gasteiger charge is -2.19. The average Bonchev–Trinajstić information content (AvgIpc) is 2.98. The van der Waals surface area contributed by atoms with Crippen LogP contribution in [0.4, 0.5) is 13.2 Å². The van der Waals surface area contributed by atoms with Gasteiger partial charge >= 0.3 is 6.18 Å². The lowest BCUT2D eigenvalue weighted by atomic mass is 10.2. The van der Waals surface area contributed by atoms with E-state index in [2.05, 4.69) is 10.1 Å². The number of primary amides is 1. The molecule has 0 saturated heterocycles. The van der Waals surface area contributed by atoms with E-state index in [9.17, 15) is 18.0 Å². The third-order valence-electron chi connectivity index (χ3n) is 2.59. The number of amides is 1. The van der Waals surface area contributed by atoms with Gasteiger partial charge in [-0.3, -0.25) is 4.79 Å². The first-order chi connectivity index (χ1) is 7.80. The van der Waals surface area contributed by atoms with Crippen LogP contribution < -0.4 is 11.1 Å². The van der Waals surface area contributed by atoms with E-state index in [-0.39, 0.29) is 19.1 Å². The van der Waals surface area contributed by atoms with Crippen molar-refractivity contribution in [2.45, 2.75) is 50.6 Å². The third kappa shape index (κ3) is 5.36. The molecule has 0 aromatic heterocycles. The van der Waals surface area contributed by atoms with Crippen molar-refractivity contribution >= 4 is 5.91 Å². The molecule has 17 heavy (non-hydrogen) atoms. The fourth-order valence-electron chi connectivity index (χ4n) is 1.30. The van der Waals surface area contributed by atoms with Crippen LogP contribution in [0.3, 0.4) is 0 Å². The predicted octanol–water partition coefficient (Wildman–Crippen LogP) is 0.950. The second-order valence-electron chi connectivity index (χ2n) is 4.24. The summed E-state index contributed by atoms with van der Waals surface area (Å²) < 4.78 is 41.0. The lowest BCUT2D eigenvalue weighted by molar-refractivity contribution is -0.214. The maximum Gasteiger partial charge on any atom is 0.414 e. The van der Waals surface area contributed by atoms with Gasteiger partial charge in [0.15, 0.2) is 6.10 Å². The first-order valence-electron chi connectivity index (χ1n) is 5.54. The highest BCUT2D eigenvalue weighted by Gasteiger charge is 2.37. The van der Waals surface area contributed by atoms with Crippen LogP contribution in [0.2, 0.25) is 0 Å². The molecular weight excluding hydrogens is 237 g/mol. The van der Waals surface area contributed by atoms with E-state index >= 15 is 0 Å². The minimum Gasteiger partial charge on any atom is -0.369 e. The highest BCUT2D eigenvalue weighted by Crippen LogP contribution is 2.23. The monoisotopic (exact) mass is 254 g/mol. The Balaban J connectivity index is 2.24. The number of rotatable bonds is 7. The van der Waals surface area contributed by atoms with Crippen LogP contribution in [0, 0.1) is 0 Å². The Kier molecular flexibility index (Phi) is 4.76. The Labute approximate surface area is 97.7 Å². The van der Waals surface area contributed by atoms with Gasteiger partial charge in [-0.25, -0.2) is 0 Å². The molecule has 0 aliphatic heterocycles. The number of carbonyl (C=O) groups excluding carboxylic acids is 1. The first kappa shape index (κ1) is 14.2. The molecule has 1 amide bonds. The second kappa shape index (κ2) is 5.68. The van der Waals surface area contributed by atoms with Gasteiger partial charge in [0.25, 0.3) is 0 Å². The number of alkyl halides is 3. The summed E-state index contributed by atoms with van der Waals surface area (Å²) in [6.45, 7) is 0.793. The zero-order valence-corrected chi connectivity index (χ0v) is 9.59. The first-order valence-corrected chi connectivity index (χ1v) is 5.54. The van der Waals surface area contributed by atoms with Gasteiger partial charge in [0, 0.05) is 12.6 Å². The molecule has 1 aliphatic carbocycles. The van der Waals surface area contributed by atoms with Crippen molar-refractivity contribution in [1.82, 2.24) is 5.32 Å². The van der Waals surface area contributed by atoms with Crippen LogP contribution in [-0.4, -0.2) is 36.9 Å². The zero-order valence-electron chi connectivity index (χ0n) is 9.59. The number of hydrogen-bond acceptors (Lipinski definition) is 3. The van der Waals surface area contributed by atoms with Gasteiger partial charge in [0.1, 0.15) is 0 Å². The normalized spacial score (nSPS) is 20.0. The van der Waals surface area contributed by atoms with Gasteiger partial charge in [-0.2, -0.15) is 13.2 Å². The smallest absolute Gasteiger partial charge is 0.369 e. The standard InChI is InChI=1S/C10H17F3N2O2/c1-6(10(11,12)13)17-5-4-8(9(14)16)15-7-2-3-7/h6-8,15H,2-5H2,1H3,(H2,14,16). The topological polar surface area (TPSA) is 64.3 Å². The quantitative estimate of drug-likeness (QED) is 0.711. The molecule has 0 aromatic carbocycles. The highest BCUT2D eigenvalue weighted by molar-refractivity contribution is 5.79. The number of nitrogens with two attached hydrogens (primary N) is 1. The predicted molar refractivity (Wildman–Crippen MR) is 55.2 cm³/mol. The molecule has 0 heterocycles. The average molecular weight is 254 g/mol. The van der Waals surface area contributed by atoms with Gasteiger partial charge in [0.2, 0.25) is 5.91 Å². The van der Waals surface area contributed by atoms with Gasteiger partial charge in [-0.1, -0.05) is 0 Å². The summed E-state index contributed by atoms with van der Waals surface area (Å²) in [7, 11) is 0. The number of nitrogens with one attached hydrogen (secondary N) is 1. The van der Waals surface area contributed by atoms with Crippen LogP contribution in [0.1, 0.15) is 26.2 Å². The van der Waals surface area contributed by atoms with E-state index in [0.717, 1.165) is 19.8 Å². The van der Waals surface area contributed by atoms with Crippen molar-refractivity contribution in [1.29, 1.82) is 0 Å². The minimum atomic E-state index is -4.37. The number of halogens is 3. The number of ether oxygens (including phenoxy) is 1. The lowest BCUT2D eigenvalue weighted by Crippen LogP contribution is -2.43. The fraction of sp³-hybridized carbons (Fsp3) is 0.900. The molecular formula is C10H17F3N2O2. The van der Waals surface area contributed by atoms with Gasteiger partial charge in [0.05, 0.1) is 6.04 Å². The summed E-state index contributed by atoms with van der Waals surface area (Å²) in [6.07, 6.45) is -4.08. The Bertz CT molecular complexity index is 267. The van der Waals surface area contributed by atoms with Gasteiger partial charge in [-0.15, -0.1) is 0 Å². The SMILES string of the molecule is CC(OCCC(NC1CC1)C(N)=O)C(F)(F)F. The summed E-state index contributed by atoms with van der Waals surface area (Å²) in [5.74, 6) is -0.555. The highest BCUT2D eigenvalue weighted by atomic mass is 19.4. The Morgan fingerprint density at radius 3 is 2.53 bits per heavy atom. The maximum absolute atomic E-state index is 12.1. The van der Waals surface area contributed by atoms with Crippen molar-refractivity contribution in [3.63, 3.8) is 0 Å². The number of hydrogen-bond donors (Lipinski definition) is 2. The summed E-state index contributed by atoms with van der Waals surface area (Å²) in [5, 5.41) is 2.97. The van der Waals surface area contributed by atoms with Crippen LogP contribution in [0.5, 0.6) is 0 Å². The molecule has 0 bridgehead atoms. The van der Waals surface area contributed by atoms with Crippen molar-refractivity contribution in [2.24, 2.45) is 5.73 Å². The van der Waals surface area contributed by atoms with Crippen molar-refractivity contribution < 1.29 is 22.7 Å². The molecule has 2 atom stereocenters. The molecule has 0 spiro atoms. The van der Waals surface area contributed by atoms with E-state index in [1.807, 2.05) is 0 Å². The molecule has 2 unspecified atom stereocenters. The minimum absolute atomic E-state index is 0.145. The molecule has 100 valence electrons. The Morgan fingerprint density at radius 1 is 1.53 bits per heavy atom. The van der Waals surface area contributed by atoms with Crippen LogP contribution >= 0.6 is 0 Å². The van der Waals surface area contributed by atoms with E-state index in [1.54, 1.807) is 0 Å². The molecule has 1 aliphatic rings. The van der Waals surface area contributed by atoms with Crippen molar-refractivity contribution in [3.05, 3.63) is 0 Å². The van der Waals surface area contributed by atoms with Gasteiger partial charge < -0.3 is 15.8 Å². The molecule has 1 fully saturated rings. The summed E-state index contributed by atoms with van der Waals surface area (Å²) in [4.78, 5) is 11.0. The van der Waals surface area contributed by atoms with E-state index in [0.29, 0.717) is 0 Å². The zero-order chi connectivity index (χ0) is 13.1. The van der Waals surface area contributed by atoms with Gasteiger partial charge in [-0.05, 0) is 26.2 Å². The van der Waals surface area contributed by atoms with Crippen molar-refractivity contribution in [2.75, 3.05) is 6.61 Å². The molecule has 0 radical (unpaired) electrons. The third-order valence-corrected chi connectivity index (χ3v) is 2.59. The second-order valence-corrected chi connectivity index (χ2v) is 4.24. The fourth-order valence-corrected chi connectivity index (χ4v) is 1.30. The van der Waals surface area contributed by atoms with E-state index < -0.39 is 24.2 Å². The molecule has 1 saturated carbocycles. The summed E-state index contributed by atoms with van der Waals surface area (Å²) in [5.41, 5.74) is 5.14. The van der Waals surface area contributed by atoms with E-state index in [1.165, 1.54) is 0 Å². The molecule has 3 N–H and O–H groups in total. The Hall–Kier alpha value is -0.820. The number of carbonyl (C=O) groups is 1. The Morgan fingerprint density at radius 2 is 2.12 bits per heavy atom.